The van der Waals surface area contributed by atoms with Gasteiger partial charge in [0.1, 0.15) is 0 Å². The molecule has 5 nitrogen and oxygen atoms in total. The zero-order chi connectivity index (χ0) is 14.9. The second-order valence-corrected chi connectivity index (χ2v) is 6.54. The maximum atomic E-state index is 4.99. The van der Waals surface area contributed by atoms with Crippen LogP contribution in [0.3, 0.4) is 0 Å². The molecule has 1 aromatic carbocycles. The molecule has 0 saturated carbocycles. The average Bonchev–Trinajstić information content (AvgIpc) is 2.96. The Hall–Kier alpha value is -1.59. The molecular weight excluding hydrogens is 274 g/mol. The summed E-state index contributed by atoms with van der Waals surface area (Å²) >= 11 is 0. The summed E-state index contributed by atoms with van der Waals surface area (Å²) in [6.07, 6.45) is 2.39. The second kappa shape index (κ2) is 5.89. The van der Waals surface area contributed by atoms with E-state index in [0.717, 1.165) is 44.8 Å². The fraction of sp³-hybridized carbons (Fsp3) is 0.588. The van der Waals surface area contributed by atoms with Crippen molar-refractivity contribution in [2.75, 3.05) is 51.2 Å². The van der Waals surface area contributed by atoms with Gasteiger partial charge in [-0.25, -0.2) is 4.98 Å². The number of piperidine rings is 1. The molecule has 4 rings (SSSR count). The standard InChI is InChI=1S/C17H25N5/c1-20-10-12-21(13-11-20)17-19-15-4-2-3-5-16(15)22(17)14-6-8-18-9-7-14/h2-5,14,18H,6-13H2,1H3. The van der Waals surface area contributed by atoms with E-state index in [4.69, 9.17) is 4.98 Å². The monoisotopic (exact) mass is 299 g/mol. The van der Waals surface area contributed by atoms with Crippen LogP contribution in [0.1, 0.15) is 18.9 Å². The molecule has 3 heterocycles. The first-order valence-corrected chi connectivity index (χ1v) is 8.44. The van der Waals surface area contributed by atoms with Crippen molar-refractivity contribution in [3.05, 3.63) is 24.3 Å². The molecule has 22 heavy (non-hydrogen) atoms. The Morgan fingerprint density at radius 3 is 2.55 bits per heavy atom. The molecule has 0 amide bonds. The molecule has 0 spiro atoms. The molecule has 0 bridgehead atoms. The molecule has 5 heteroatoms. The number of hydrogen-bond donors (Lipinski definition) is 1. The first kappa shape index (κ1) is 14.0. The van der Waals surface area contributed by atoms with Crippen LogP contribution in [0.4, 0.5) is 5.95 Å². The van der Waals surface area contributed by atoms with E-state index in [1.807, 2.05) is 0 Å². The first-order chi connectivity index (χ1) is 10.8. The van der Waals surface area contributed by atoms with Crippen molar-refractivity contribution in [3.63, 3.8) is 0 Å². The molecule has 1 N–H and O–H groups in total. The van der Waals surface area contributed by atoms with Crippen LogP contribution in [0.15, 0.2) is 24.3 Å². The third kappa shape index (κ3) is 2.48. The zero-order valence-electron chi connectivity index (χ0n) is 13.3. The van der Waals surface area contributed by atoms with Gasteiger partial charge in [-0.2, -0.15) is 0 Å². The summed E-state index contributed by atoms with van der Waals surface area (Å²) in [5.74, 6) is 1.18. The lowest BCUT2D eigenvalue weighted by Gasteiger charge is -2.35. The van der Waals surface area contributed by atoms with Crippen LogP contribution in [0.25, 0.3) is 11.0 Å². The van der Waals surface area contributed by atoms with E-state index in [2.05, 4.69) is 51.0 Å². The number of nitrogens with one attached hydrogen (secondary N) is 1. The van der Waals surface area contributed by atoms with Crippen LogP contribution in [-0.2, 0) is 0 Å². The van der Waals surface area contributed by atoms with Gasteiger partial charge in [0.25, 0.3) is 0 Å². The van der Waals surface area contributed by atoms with Crippen molar-refractivity contribution in [1.82, 2.24) is 19.8 Å². The van der Waals surface area contributed by atoms with E-state index >= 15 is 0 Å². The fourth-order valence-corrected chi connectivity index (χ4v) is 3.69. The van der Waals surface area contributed by atoms with Gasteiger partial charge in [-0.15, -0.1) is 0 Å². The van der Waals surface area contributed by atoms with E-state index in [0.29, 0.717) is 6.04 Å². The normalized spacial score (nSPS) is 21.6. The minimum absolute atomic E-state index is 0.573. The van der Waals surface area contributed by atoms with Gasteiger partial charge in [-0.1, -0.05) is 12.1 Å². The van der Waals surface area contributed by atoms with Crippen LogP contribution < -0.4 is 10.2 Å². The number of fused-ring (bicyclic) bond motifs is 1. The lowest BCUT2D eigenvalue weighted by molar-refractivity contribution is 0.306. The predicted molar refractivity (Wildman–Crippen MR) is 90.6 cm³/mol. The van der Waals surface area contributed by atoms with Crippen molar-refractivity contribution >= 4 is 17.0 Å². The third-order valence-corrected chi connectivity index (χ3v) is 5.04. The molecule has 0 unspecified atom stereocenters. The summed E-state index contributed by atoms with van der Waals surface area (Å²) < 4.78 is 2.52. The molecule has 0 aliphatic carbocycles. The molecule has 0 atom stereocenters. The number of para-hydroxylation sites is 2. The Balaban J connectivity index is 1.75. The maximum absolute atomic E-state index is 4.99. The first-order valence-electron chi connectivity index (χ1n) is 8.44. The molecule has 2 aromatic rings. The Kier molecular flexibility index (Phi) is 3.76. The van der Waals surface area contributed by atoms with Crippen LogP contribution in [-0.4, -0.2) is 60.8 Å². The van der Waals surface area contributed by atoms with Crippen LogP contribution in [0.5, 0.6) is 0 Å². The lowest BCUT2D eigenvalue weighted by Crippen LogP contribution is -2.46. The van der Waals surface area contributed by atoms with Crippen molar-refractivity contribution < 1.29 is 0 Å². The van der Waals surface area contributed by atoms with Crippen molar-refractivity contribution in [2.45, 2.75) is 18.9 Å². The number of rotatable bonds is 2. The predicted octanol–water partition coefficient (Wildman–Crippen LogP) is 1.71. The average molecular weight is 299 g/mol. The van der Waals surface area contributed by atoms with Gasteiger partial charge in [0.2, 0.25) is 5.95 Å². The van der Waals surface area contributed by atoms with Gasteiger partial charge < -0.3 is 19.7 Å². The largest absolute Gasteiger partial charge is 0.340 e. The van der Waals surface area contributed by atoms with Gasteiger partial charge in [0.15, 0.2) is 0 Å². The number of benzene rings is 1. The van der Waals surface area contributed by atoms with Gasteiger partial charge in [-0.05, 0) is 45.1 Å². The second-order valence-electron chi connectivity index (χ2n) is 6.54. The Labute approximate surface area is 131 Å². The number of piperazine rings is 1. The quantitative estimate of drug-likeness (QED) is 0.916. The molecule has 2 saturated heterocycles. The molecule has 2 fully saturated rings. The summed E-state index contributed by atoms with van der Waals surface area (Å²) in [6.45, 7) is 6.61. The van der Waals surface area contributed by atoms with Gasteiger partial charge in [-0.3, -0.25) is 0 Å². The smallest absolute Gasteiger partial charge is 0.206 e. The molecule has 0 radical (unpaired) electrons. The van der Waals surface area contributed by atoms with Crippen molar-refractivity contribution in [3.8, 4) is 0 Å². The summed E-state index contributed by atoms with van der Waals surface area (Å²) in [7, 11) is 2.20. The highest BCUT2D eigenvalue weighted by atomic mass is 15.4. The maximum Gasteiger partial charge on any atom is 0.206 e. The summed E-state index contributed by atoms with van der Waals surface area (Å²) in [5, 5.41) is 3.48. The van der Waals surface area contributed by atoms with Crippen molar-refractivity contribution in [2.24, 2.45) is 0 Å². The van der Waals surface area contributed by atoms with Crippen LogP contribution in [0.2, 0.25) is 0 Å². The highest BCUT2D eigenvalue weighted by Crippen LogP contribution is 2.31. The molecular formula is C17H25N5. The third-order valence-electron chi connectivity index (χ3n) is 5.04. The number of nitrogens with zero attached hydrogens (tertiary/aromatic N) is 4. The van der Waals surface area contributed by atoms with Gasteiger partial charge >= 0.3 is 0 Å². The summed E-state index contributed by atoms with van der Waals surface area (Å²) in [5.41, 5.74) is 2.43. The van der Waals surface area contributed by atoms with Crippen LogP contribution in [0, 0.1) is 0 Å². The number of hydrogen-bond acceptors (Lipinski definition) is 4. The molecule has 2 aliphatic heterocycles. The number of anilines is 1. The fourth-order valence-electron chi connectivity index (χ4n) is 3.69. The van der Waals surface area contributed by atoms with E-state index in [-0.39, 0.29) is 0 Å². The highest BCUT2D eigenvalue weighted by Gasteiger charge is 2.25. The van der Waals surface area contributed by atoms with E-state index in [9.17, 15) is 0 Å². The Bertz CT molecular complexity index is 636. The number of likely N-dealkylation sites (N-methyl/N-ethyl adjacent to an activating group) is 1. The van der Waals surface area contributed by atoms with E-state index < -0.39 is 0 Å². The highest BCUT2D eigenvalue weighted by molar-refractivity contribution is 5.79. The summed E-state index contributed by atoms with van der Waals surface area (Å²) in [6, 6.07) is 9.17. The van der Waals surface area contributed by atoms with E-state index in [1.54, 1.807) is 0 Å². The Morgan fingerprint density at radius 2 is 1.77 bits per heavy atom. The number of imidazole rings is 1. The van der Waals surface area contributed by atoms with Crippen molar-refractivity contribution in [1.29, 1.82) is 0 Å². The molecule has 1 aromatic heterocycles. The zero-order valence-corrected chi connectivity index (χ0v) is 13.3. The molecule has 2 aliphatic rings. The Morgan fingerprint density at radius 1 is 1.05 bits per heavy atom. The van der Waals surface area contributed by atoms with E-state index in [1.165, 1.54) is 24.3 Å². The number of aromatic nitrogens is 2. The van der Waals surface area contributed by atoms with Gasteiger partial charge in [0, 0.05) is 32.2 Å². The topological polar surface area (TPSA) is 36.3 Å². The summed E-state index contributed by atoms with van der Waals surface area (Å²) in [4.78, 5) is 9.86. The van der Waals surface area contributed by atoms with Gasteiger partial charge in [0.05, 0.1) is 11.0 Å². The SMILES string of the molecule is CN1CCN(c2nc3ccccc3n2C2CCNCC2)CC1. The van der Waals surface area contributed by atoms with Crippen LogP contribution >= 0.6 is 0 Å². The molecule has 118 valence electrons. The minimum Gasteiger partial charge on any atom is -0.340 e. The minimum atomic E-state index is 0.573. The lowest BCUT2D eigenvalue weighted by atomic mass is 10.1.